The highest BCUT2D eigenvalue weighted by Crippen LogP contribution is 2.42. The van der Waals surface area contributed by atoms with Gasteiger partial charge in [0.15, 0.2) is 0 Å². The van der Waals surface area contributed by atoms with Gasteiger partial charge in [-0.05, 0) is 80.9 Å². The number of carbonyl (C=O) groups excluding carboxylic acids is 2. The maximum absolute atomic E-state index is 13.6. The standard InChI is InChI=1S/C34H33FN4O2S/c1-36-31(40)18-11-24-19-29-28(20-30(24)42-27-16-12-25(35)13-17-27)32(34(41)38-29)33(23-7-5-4-6-8-23)37-26-14-9-22(10-15-26)21-39(2)3/h5,7-10,12-14,16-17,19-20,26,37H,4,6,15,21H2,1-3H3,(H,36,40)(H,38,41)/b33-32-. The van der Waals surface area contributed by atoms with Crippen LogP contribution < -0.4 is 16.0 Å². The number of allylic oxidation sites excluding steroid dienone is 3. The van der Waals surface area contributed by atoms with Crippen LogP contribution in [0, 0.1) is 17.7 Å². The lowest BCUT2D eigenvalue weighted by molar-refractivity contribution is -0.115. The van der Waals surface area contributed by atoms with Crippen molar-refractivity contribution < 1.29 is 14.0 Å². The number of carbonyl (C=O) groups is 2. The van der Waals surface area contributed by atoms with Crippen LogP contribution in [0.4, 0.5) is 10.1 Å². The van der Waals surface area contributed by atoms with Crippen LogP contribution in [0.3, 0.4) is 0 Å². The smallest absolute Gasteiger partial charge is 0.295 e. The summed E-state index contributed by atoms with van der Waals surface area (Å²) in [6.45, 7) is 0.875. The first kappa shape index (κ1) is 29.2. The van der Waals surface area contributed by atoms with Crippen LogP contribution in [0.5, 0.6) is 0 Å². The fraction of sp³-hybridized carbons (Fsp3) is 0.235. The molecule has 1 aliphatic heterocycles. The molecule has 1 heterocycles. The van der Waals surface area contributed by atoms with Crippen molar-refractivity contribution >= 4 is 34.8 Å². The first-order valence-corrected chi connectivity index (χ1v) is 14.7. The van der Waals surface area contributed by atoms with E-state index in [1.165, 1.54) is 36.5 Å². The monoisotopic (exact) mass is 580 g/mol. The summed E-state index contributed by atoms with van der Waals surface area (Å²) in [6.07, 6.45) is 15.6. The highest BCUT2D eigenvalue weighted by atomic mass is 32.2. The van der Waals surface area contributed by atoms with Crippen molar-refractivity contribution in [3.05, 3.63) is 107 Å². The van der Waals surface area contributed by atoms with Gasteiger partial charge in [-0.2, -0.15) is 0 Å². The first-order valence-electron chi connectivity index (χ1n) is 13.9. The molecule has 5 rings (SSSR count). The Morgan fingerprint density at radius 3 is 2.62 bits per heavy atom. The maximum atomic E-state index is 13.6. The van der Waals surface area contributed by atoms with Crippen LogP contribution in [0.1, 0.15) is 30.4 Å². The number of hydrogen-bond acceptors (Lipinski definition) is 5. The number of hydrogen-bond donors (Lipinski definition) is 3. The molecule has 0 aromatic heterocycles. The Hall–Kier alpha value is -4.32. The zero-order valence-electron chi connectivity index (χ0n) is 23.9. The van der Waals surface area contributed by atoms with Crippen LogP contribution in [-0.4, -0.2) is 50.4 Å². The van der Waals surface area contributed by atoms with Crippen molar-refractivity contribution in [3.8, 4) is 11.8 Å². The lowest BCUT2D eigenvalue weighted by Crippen LogP contribution is -2.30. The Bertz CT molecular complexity index is 1620. The summed E-state index contributed by atoms with van der Waals surface area (Å²) >= 11 is 1.40. The fourth-order valence-corrected chi connectivity index (χ4v) is 5.90. The number of anilines is 1. The second-order valence-corrected chi connectivity index (χ2v) is 11.6. The Morgan fingerprint density at radius 1 is 1.14 bits per heavy atom. The third-order valence-corrected chi connectivity index (χ3v) is 8.05. The van der Waals surface area contributed by atoms with E-state index in [0.717, 1.165) is 52.4 Å². The minimum Gasteiger partial charge on any atom is -0.377 e. The summed E-state index contributed by atoms with van der Waals surface area (Å²) in [6, 6.07) is 9.97. The van der Waals surface area contributed by atoms with Gasteiger partial charge in [-0.15, -0.1) is 0 Å². The van der Waals surface area contributed by atoms with Crippen molar-refractivity contribution in [2.45, 2.75) is 35.1 Å². The van der Waals surface area contributed by atoms with Gasteiger partial charge in [-0.3, -0.25) is 9.59 Å². The fourth-order valence-electron chi connectivity index (χ4n) is 4.98. The lowest BCUT2D eigenvalue weighted by Gasteiger charge is -2.24. The quantitative estimate of drug-likeness (QED) is 0.301. The zero-order valence-corrected chi connectivity index (χ0v) is 24.7. The Labute approximate surface area is 250 Å². The van der Waals surface area contributed by atoms with Crippen LogP contribution in [0.15, 0.2) is 99.5 Å². The van der Waals surface area contributed by atoms with E-state index in [4.69, 9.17) is 0 Å². The number of amides is 2. The molecule has 42 heavy (non-hydrogen) atoms. The van der Waals surface area contributed by atoms with Gasteiger partial charge in [0.05, 0.1) is 17.0 Å². The van der Waals surface area contributed by atoms with Crippen molar-refractivity contribution in [3.63, 3.8) is 0 Å². The largest absolute Gasteiger partial charge is 0.377 e. The minimum absolute atomic E-state index is 0.0252. The van der Waals surface area contributed by atoms with E-state index in [1.807, 2.05) is 12.1 Å². The average molecular weight is 581 g/mol. The topological polar surface area (TPSA) is 73.5 Å². The van der Waals surface area contributed by atoms with Gasteiger partial charge in [0.1, 0.15) is 5.82 Å². The first-order chi connectivity index (χ1) is 20.3. The predicted octanol–water partition coefficient (Wildman–Crippen LogP) is 5.42. The summed E-state index contributed by atoms with van der Waals surface area (Å²) in [4.78, 5) is 29.2. The predicted molar refractivity (Wildman–Crippen MR) is 167 cm³/mol. The summed E-state index contributed by atoms with van der Waals surface area (Å²) in [7, 11) is 5.63. The second kappa shape index (κ2) is 13.1. The van der Waals surface area contributed by atoms with Crippen molar-refractivity contribution in [2.75, 3.05) is 33.0 Å². The van der Waals surface area contributed by atoms with Crippen LogP contribution in [0.25, 0.3) is 5.57 Å². The number of fused-ring (bicyclic) bond motifs is 1. The van der Waals surface area contributed by atoms with E-state index < -0.39 is 5.91 Å². The molecule has 1 unspecified atom stereocenters. The molecule has 6 nitrogen and oxygen atoms in total. The Balaban J connectivity index is 1.58. The van der Waals surface area contributed by atoms with Gasteiger partial charge in [-0.1, -0.05) is 54.1 Å². The van der Waals surface area contributed by atoms with Gasteiger partial charge >= 0.3 is 0 Å². The molecule has 3 N–H and O–H groups in total. The molecule has 0 radical (unpaired) electrons. The van der Waals surface area contributed by atoms with Gasteiger partial charge in [-0.25, -0.2) is 4.39 Å². The van der Waals surface area contributed by atoms with Crippen molar-refractivity contribution in [1.82, 2.24) is 15.5 Å². The highest BCUT2D eigenvalue weighted by molar-refractivity contribution is 7.99. The normalized spacial score (nSPS) is 18.4. The highest BCUT2D eigenvalue weighted by Gasteiger charge is 2.31. The molecule has 2 aliphatic carbocycles. The van der Waals surface area contributed by atoms with Crippen LogP contribution in [-0.2, 0) is 9.59 Å². The van der Waals surface area contributed by atoms with Gasteiger partial charge in [0.25, 0.3) is 11.8 Å². The molecule has 0 saturated carbocycles. The van der Waals surface area contributed by atoms with E-state index >= 15 is 0 Å². The summed E-state index contributed by atoms with van der Waals surface area (Å²) in [5.41, 5.74) is 5.56. The molecular weight excluding hydrogens is 547 g/mol. The molecule has 0 saturated heterocycles. The second-order valence-electron chi connectivity index (χ2n) is 10.5. The maximum Gasteiger partial charge on any atom is 0.295 e. The summed E-state index contributed by atoms with van der Waals surface area (Å²) in [5, 5.41) is 9.21. The van der Waals surface area contributed by atoms with Crippen molar-refractivity contribution in [2.24, 2.45) is 0 Å². The molecule has 214 valence electrons. The van der Waals surface area contributed by atoms with Gasteiger partial charge in [0.2, 0.25) is 0 Å². The van der Waals surface area contributed by atoms with Crippen LogP contribution in [0.2, 0.25) is 0 Å². The SMILES string of the molecule is CNC(=O)C#Cc1cc2c(cc1Sc1ccc(F)cc1)/C(=C(/NC1C=CC(CN(C)C)=CC1)C1=CCCC=C1)C(=O)N2. The van der Waals surface area contributed by atoms with E-state index in [9.17, 15) is 14.0 Å². The third kappa shape index (κ3) is 6.93. The van der Waals surface area contributed by atoms with E-state index in [-0.39, 0.29) is 17.8 Å². The molecule has 0 fully saturated rings. The van der Waals surface area contributed by atoms with E-state index in [0.29, 0.717) is 16.8 Å². The number of likely N-dealkylation sites (N-methyl/N-ethyl adjacent to an activating group) is 1. The number of nitrogens with zero attached hydrogens (tertiary/aromatic N) is 1. The third-order valence-electron chi connectivity index (χ3n) is 6.98. The van der Waals surface area contributed by atoms with Gasteiger partial charge in [0, 0.05) is 46.5 Å². The molecule has 3 aliphatic rings. The molecule has 0 spiro atoms. The molecule has 2 aromatic rings. The zero-order chi connectivity index (χ0) is 29.6. The minimum atomic E-state index is -0.413. The van der Waals surface area contributed by atoms with Crippen molar-refractivity contribution in [1.29, 1.82) is 0 Å². The van der Waals surface area contributed by atoms with E-state index in [1.54, 1.807) is 12.1 Å². The number of rotatable bonds is 7. The molecular formula is C34H33FN4O2S. The number of benzene rings is 2. The Kier molecular flexibility index (Phi) is 9.11. The average Bonchev–Trinajstić information content (AvgIpc) is 3.30. The lowest BCUT2D eigenvalue weighted by atomic mass is 9.94. The number of nitrogens with one attached hydrogen (secondary N) is 3. The summed E-state index contributed by atoms with van der Waals surface area (Å²) < 4.78 is 13.6. The molecule has 0 bridgehead atoms. The van der Waals surface area contributed by atoms with Crippen LogP contribution >= 0.6 is 11.8 Å². The summed E-state index contributed by atoms with van der Waals surface area (Å²) in [5.74, 6) is 4.61. The molecule has 2 amide bonds. The molecule has 2 aromatic carbocycles. The van der Waals surface area contributed by atoms with E-state index in [2.05, 4.69) is 83.2 Å². The number of halogens is 1. The molecule has 8 heteroatoms. The Morgan fingerprint density at radius 2 is 1.95 bits per heavy atom. The molecule has 1 atom stereocenters. The van der Waals surface area contributed by atoms with Gasteiger partial charge < -0.3 is 20.9 Å².